The van der Waals surface area contributed by atoms with E-state index in [0.29, 0.717) is 18.3 Å². The highest BCUT2D eigenvalue weighted by Crippen LogP contribution is 2.20. The summed E-state index contributed by atoms with van der Waals surface area (Å²) in [6.07, 6.45) is 2.54. The van der Waals surface area contributed by atoms with Crippen LogP contribution in [0.15, 0.2) is 53.7 Å². The molecule has 0 bridgehead atoms. The number of pyridine rings is 1. The van der Waals surface area contributed by atoms with Crippen LogP contribution in [0.2, 0.25) is 0 Å². The van der Waals surface area contributed by atoms with Gasteiger partial charge in [-0.05, 0) is 36.6 Å². The first-order valence-electron chi connectivity index (χ1n) is 10.2. The fourth-order valence-corrected chi connectivity index (χ4v) is 3.48. The maximum atomic E-state index is 14.0. The Hall–Kier alpha value is -2.10. The number of nitrogens with one attached hydrogen (secondary N) is 3. The zero-order chi connectivity index (χ0) is 20.6. The van der Waals surface area contributed by atoms with Gasteiger partial charge in [-0.3, -0.25) is 4.99 Å². The lowest BCUT2D eigenvalue weighted by molar-refractivity contribution is 0.510. The number of para-hydroxylation sites is 1. The first-order valence-corrected chi connectivity index (χ1v) is 10.2. The van der Waals surface area contributed by atoms with Crippen molar-refractivity contribution in [2.24, 2.45) is 10.9 Å². The number of aromatic nitrogens is 1. The Kier molecular flexibility index (Phi) is 9.61. The van der Waals surface area contributed by atoms with E-state index in [9.17, 15) is 4.39 Å². The summed E-state index contributed by atoms with van der Waals surface area (Å²) < 4.78 is 14.0. The van der Waals surface area contributed by atoms with Crippen LogP contribution in [0.3, 0.4) is 0 Å². The summed E-state index contributed by atoms with van der Waals surface area (Å²) in [6, 6.07) is 13.8. The van der Waals surface area contributed by atoms with E-state index >= 15 is 0 Å². The van der Waals surface area contributed by atoms with Gasteiger partial charge < -0.3 is 20.9 Å². The average molecular weight is 526 g/mol. The monoisotopic (exact) mass is 526 g/mol. The van der Waals surface area contributed by atoms with Crippen LogP contribution in [-0.4, -0.2) is 49.7 Å². The van der Waals surface area contributed by atoms with E-state index in [0.717, 1.165) is 31.2 Å². The highest BCUT2D eigenvalue weighted by Gasteiger charge is 2.26. The largest absolute Gasteiger partial charge is 0.380 e. The van der Waals surface area contributed by atoms with E-state index in [1.807, 2.05) is 23.1 Å². The molecule has 2 unspecified atom stereocenters. The molecule has 2 aromatic rings. The Morgan fingerprint density at radius 2 is 2.00 bits per heavy atom. The molecule has 1 saturated heterocycles. The van der Waals surface area contributed by atoms with Gasteiger partial charge in [-0.1, -0.05) is 32.0 Å². The predicted molar refractivity (Wildman–Crippen MR) is 133 cm³/mol. The molecular weight excluding hydrogens is 494 g/mol. The number of hydrogen-bond donors (Lipinski definition) is 3. The molecule has 1 aliphatic rings. The zero-order valence-corrected chi connectivity index (χ0v) is 20.1. The second kappa shape index (κ2) is 11.9. The third kappa shape index (κ3) is 6.72. The number of aliphatic imine (C=N–C) groups is 1. The number of hydrogen-bond acceptors (Lipinski definition) is 4. The Morgan fingerprint density at radius 3 is 2.67 bits per heavy atom. The summed E-state index contributed by atoms with van der Waals surface area (Å²) in [5, 5.41) is 10.5. The van der Waals surface area contributed by atoms with Gasteiger partial charge in [0, 0.05) is 50.6 Å². The van der Waals surface area contributed by atoms with Crippen molar-refractivity contribution in [3.05, 3.63) is 54.5 Å². The number of anilines is 2. The molecule has 1 aromatic heterocycles. The highest BCUT2D eigenvalue weighted by atomic mass is 127. The summed E-state index contributed by atoms with van der Waals surface area (Å²) in [5.41, 5.74) is 1.11. The maximum absolute atomic E-state index is 14.0. The number of halogens is 2. The lowest BCUT2D eigenvalue weighted by Gasteiger charge is -2.26. The van der Waals surface area contributed by atoms with Crippen molar-refractivity contribution >= 4 is 41.4 Å². The van der Waals surface area contributed by atoms with Crippen LogP contribution in [0.25, 0.3) is 0 Å². The molecule has 164 valence electrons. The Balaban J connectivity index is 0.00000320. The first kappa shape index (κ1) is 24.2. The Labute approximate surface area is 195 Å². The van der Waals surface area contributed by atoms with Gasteiger partial charge in [0.1, 0.15) is 0 Å². The summed E-state index contributed by atoms with van der Waals surface area (Å²) in [7, 11) is 1.77. The minimum Gasteiger partial charge on any atom is -0.380 e. The van der Waals surface area contributed by atoms with Crippen molar-refractivity contribution in [2.75, 3.05) is 36.9 Å². The van der Waals surface area contributed by atoms with Gasteiger partial charge in [-0.25, -0.2) is 9.37 Å². The van der Waals surface area contributed by atoms with E-state index in [-0.39, 0.29) is 41.9 Å². The topological polar surface area (TPSA) is 64.6 Å². The average Bonchev–Trinajstić information content (AvgIpc) is 3.19. The lowest BCUT2D eigenvalue weighted by atomic mass is 10.0. The molecule has 0 radical (unpaired) electrons. The van der Waals surface area contributed by atoms with Gasteiger partial charge in [0.25, 0.3) is 0 Å². The fraction of sp³-hybridized carbons (Fsp3) is 0.455. The summed E-state index contributed by atoms with van der Waals surface area (Å²) in [5.74, 6) is 1.36. The van der Waals surface area contributed by atoms with Gasteiger partial charge in [-0.2, -0.15) is 0 Å². The molecule has 8 heteroatoms. The molecule has 1 fully saturated rings. The SMILES string of the molecule is CN=C(NCC(Nc1ccccc1)C(C)C)NC1CCN(c2ncccc2F)C1.I. The summed E-state index contributed by atoms with van der Waals surface area (Å²) >= 11 is 0. The molecule has 0 spiro atoms. The smallest absolute Gasteiger partial charge is 0.191 e. The second-order valence-electron chi connectivity index (χ2n) is 7.70. The van der Waals surface area contributed by atoms with Crippen molar-refractivity contribution in [3.8, 4) is 0 Å². The van der Waals surface area contributed by atoms with E-state index in [4.69, 9.17) is 0 Å². The summed E-state index contributed by atoms with van der Waals surface area (Å²) in [4.78, 5) is 10.5. The maximum Gasteiger partial charge on any atom is 0.191 e. The van der Waals surface area contributed by atoms with Crippen LogP contribution in [0.5, 0.6) is 0 Å². The molecule has 2 heterocycles. The van der Waals surface area contributed by atoms with Crippen molar-refractivity contribution in [3.63, 3.8) is 0 Å². The van der Waals surface area contributed by atoms with Gasteiger partial charge in [-0.15, -0.1) is 24.0 Å². The normalized spacial score (nSPS) is 17.4. The quantitative estimate of drug-likeness (QED) is 0.292. The molecule has 0 aliphatic carbocycles. The number of benzene rings is 1. The molecule has 1 aromatic carbocycles. The predicted octanol–water partition coefficient (Wildman–Crippen LogP) is 3.72. The third-order valence-electron chi connectivity index (χ3n) is 5.21. The van der Waals surface area contributed by atoms with Gasteiger partial charge >= 0.3 is 0 Å². The van der Waals surface area contributed by atoms with Gasteiger partial charge in [0.2, 0.25) is 0 Å². The van der Waals surface area contributed by atoms with Crippen LogP contribution in [0.1, 0.15) is 20.3 Å². The molecule has 2 atom stereocenters. The van der Waals surface area contributed by atoms with E-state index in [1.54, 1.807) is 19.3 Å². The molecule has 1 aliphatic heterocycles. The van der Waals surface area contributed by atoms with Gasteiger partial charge in [0.05, 0.1) is 0 Å². The lowest BCUT2D eigenvalue weighted by Crippen LogP contribution is -2.48. The fourth-order valence-electron chi connectivity index (χ4n) is 3.48. The Morgan fingerprint density at radius 1 is 1.23 bits per heavy atom. The molecule has 3 rings (SSSR count). The highest BCUT2D eigenvalue weighted by molar-refractivity contribution is 14.0. The van der Waals surface area contributed by atoms with E-state index in [2.05, 4.69) is 51.9 Å². The molecule has 0 amide bonds. The number of guanidine groups is 1. The van der Waals surface area contributed by atoms with Crippen LogP contribution in [-0.2, 0) is 0 Å². The van der Waals surface area contributed by atoms with Gasteiger partial charge in [0.15, 0.2) is 17.6 Å². The van der Waals surface area contributed by atoms with Crippen LogP contribution in [0, 0.1) is 11.7 Å². The molecule has 0 saturated carbocycles. The van der Waals surface area contributed by atoms with Crippen LogP contribution >= 0.6 is 24.0 Å². The number of rotatable bonds is 7. The van der Waals surface area contributed by atoms with E-state index in [1.165, 1.54) is 6.07 Å². The van der Waals surface area contributed by atoms with Crippen molar-refractivity contribution in [2.45, 2.75) is 32.4 Å². The van der Waals surface area contributed by atoms with Crippen molar-refractivity contribution in [1.82, 2.24) is 15.6 Å². The van der Waals surface area contributed by atoms with Crippen molar-refractivity contribution < 1.29 is 4.39 Å². The molecule has 6 nitrogen and oxygen atoms in total. The van der Waals surface area contributed by atoms with Crippen LogP contribution < -0.4 is 20.9 Å². The molecule has 3 N–H and O–H groups in total. The Bertz CT molecular complexity index is 801. The standard InChI is InChI=1S/C22H31FN6.HI/c1-16(2)20(27-17-8-5-4-6-9-17)14-26-22(24-3)28-18-11-13-29(15-18)21-19(23)10-7-12-25-21;/h4-10,12,16,18,20,27H,11,13-15H2,1-3H3,(H2,24,26,28);1H. The molecule has 30 heavy (non-hydrogen) atoms. The minimum atomic E-state index is -0.276. The second-order valence-corrected chi connectivity index (χ2v) is 7.70. The zero-order valence-electron chi connectivity index (χ0n) is 17.8. The van der Waals surface area contributed by atoms with Crippen LogP contribution in [0.4, 0.5) is 15.9 Å². The third-order valence-corrected chi connectivity index (χ3v) is 5.21. The minimum absolute atomic E-state index is 0. The summed E-state index contributed by atoms with van der Waals surface area (Å²) in [6.45, 7) is 6.62. The first-order chi connectivity index (χ1) is 14.1. The number of nitrogens with zero attached hydrogens (tertiary/aromatic N) is 3. The van der Waals surface area contributed by atoms with E-state index < -0.39 is 0 Å². The van der Waals surface area contributed by atoms with Crippen molar-refractivity contribution in [1.29, 1.82) is 0 Å². The molecular formula is C22H32FIN6.